The molecular formula is C18H20N2O. The molecule has 4 atom stereocenters. The van der Waals surface area contributed by atoms with Crippen molar-refractivity contribution in [3.8, 4) is 0 Å². The molecule has 0 amide bonds. The molecule has 0 unspecified atom stereocenters. The Morgan fingerprint density at radius 3 is 2.90 bits per heavy atom. The number of hydrogen-bond acceptors (Lipinski definition) is 2. The summed E-state index contributed by atoms with van der Waals surface area (Å²) in [6.07, 6.45) is 5.31. The van der Waals surface area contributed by atoms with E-state index >= 15 is 0 Å². The summed E-state index contributed by atoms with van der Waals surface area (Å²) in [4.78, 5) is 12.7. The summed E-state index contributed by atoms with van der Waals surface area (Å²) in [7, 11) is 0. The van der Waals surface area contributed by atoms with E-state index in [0.29, 0.717) is 30.1 Å². The van der Waals surface area contributed by atoms with E-state index in [1.165, 1.54) is 35.9 Å². The molecule has 1 aliphatic heterocycles. The third-order valence-corrected chi connectivity index (χ3v) is 6.09. The van der Waals surface area contributed by atoms with Crippen LogP contribution in [0.5, 0.6) is 0 Å². The maximum absolute atomic E-state index is 12.7. The molecule has 1 aromatic carbocycles. The predicted molar refractivity (Wildman–Crippen MR) is 82.4 cm³/mol. The van der Waals surface area contributed by atoms with Gasteiger partial charge in [-0.1, -0.05) is 24.6 Å². The molecule has 108 valence electrons. The molecule has 0 saturated heterocycles. The van der Waals surface area contributed by atoms with Gasteiger partial charge in [-0.05, 0) is 42.7 Å². The summed E-state index contributed by atoms with van der Waals surface area (Å²) >= 11 is 0. The molecule has 1 aromatic heterocycles. The Bertz CT molecular complexity index is 760. The van der Waals surface area contributed by atoms with E-state index in [2.05, 4.69) is 18.2 Å². The number of fused-ring (bicyclic) bond motifs is 3. The molecule has 2 heterocycles. The van der Waals surface area contributed by atoms with Crippen molar-refractivity contribution in [1.82, 2.24) is 4.57 Å². The van der Waals surface area contributed by atoms with E-state index in [-0.39, 0.29) is 6.04 Å². The zero-order valence-corrected chi connectivity index (χ0v) is 12.1. The Kier molecular flexibility index (Phi) is 2.27. The topological polar surface area (TPSA) is 48.0 Å². The third kappa shape index (κ3) is 1.40. The molecule has 1 saturated carbocycles. The minimum Gasteiger partial charge on any atom is -0.327 e. The fourth-order valence-electron chi connectivity index (χ4n) is 5.32. The molecule has 3 nitrogen and oxygen atoms in total. The van der Waals surface area contributed by atoms with Gasteiger partial charge < -0.3 is 5.73 Å². The Morgan fingerprint density at radius 1 is 1.14 bits per heavy atom. The van der Waals surface area contributed by atoms with Crippen LogP contribution in [0.25, 0.3) is 10.9 Å². The monoisotopic (exact) mass is 280 g/mol. The summed E-state index contributed by atoms with van der Waals surface area (Å²) in [5.74, 6) is 1.91. The molecule has 3 heteroatoms. The molecular weight excluding hydrogens is 260 g/mol. The van der Waals surface area contributed by atoms with E-state index in [1.807, 2.05) is 10.6 Å². The Morgan fingerprint density at radius 2 is 2.00 bits per heavy atom. The van der Waals surface area contributed by atoms with E-state index in [1.54, 1.807) is 0 Å². The molecule has 5 rings (SSSR count). The van der Waals surface area contributed by atoms with Crippen LogP contribution in [0.1, 0.15) is 47.7 Å². The zero-order chi connectivity index (χ0) is 14.1. The summed E-state index contributed by atoms with van der Waals surface area (Å²) < 4.78 is 2.04. The molecule has 3 aliphatic rings. The number of carbonyl (C=O) groups is 1. The lowest BCUT2D eigenvalue weighted by Crippen LogP contribution is -2.47. The Labute approximate surface area is 124 Å². The Hall–Kier alpha value is -1.61. The highest BCUT2D eigenvalue weighted by atomic mass is 16.2. The van der Waals surface area contributed by atoms with Gasteiger partial charge in [-0.3, -0.25) is 9.36 Å². The van der Waals surface area contributed by atoms with E-state index in [0.717, 1.165) is 11.9 Å². The number of hydrogen-bond donors (Lipinski definition) is 1. The van der Waals surface area contributed by atoms with Crippen LogP contribution in [0.4, 0.5) is 0 Å². The third-order valence-electron chi connectivity index (χ3n) is 6.09. The molecule has 2 aromatic rings. The van der Waals surface area contributed by atoms with Gasteiger partial charge in [-0.25, -0.2) is 0 Å². The lowest BCUT2D eigenvalue weighted by Gasteiger charge is -2.47. The first-order valence-electron chi connectivity index (χ1n) is 8.16. The zero-order valence-electron chi connectivity index (χ0n) is 12.1. The van der Waals surface area contributed by atoms with Crippen molar-refractivity contribution < 1.29 is 4.79 Å². The molecule has 2 N–H and O–H groups in total. The number of carbonyl (C=O) groups excluding carboxylic acids is 1. The van der Waals surface area contributed by atoms with E-state index in [9.17, 15) is 4.79 Å². The average molecular weight is 280 g/mol. The van der Waals surface area contributed by atoms with Crippen molar-refractivity contribution in [1.29, 1.82) is 0 Å². The van der Waals surface area contributed by atoms with Crippen LogP contribution in [0, 0.1) is 11.8 Å². The lowest BCUT2D eigenvalue weighted by molar-refractivity contribution is 0.0748. The van der Waals surface area contributed by atoms with Crippen LogP contribution in [-0.4, -0.2) is 16.5 Å². The number of rotatable bonds is 0. The second-order valence-corrected chi connectivity index (χ2v) is 7.06. The summed E-state index contributed by atoms with van der Waals surface area (Å²) in [5.41, 5.74) is 10.3. The second-order valence-electron chi connectivity index (χ2n) is 7.06. The van der Waals surface area contributed by atoms with Crippen molar-refractivity contribution in [2.24, 2.45) is 17.6 Å². The Balaban J connectivity index is 1.88. The fraction of sp³-hybridized carbons (Fsp3) is 0.500. The van der Waals surface area contributed by atoms with Crippen molar-refractivity contribution in [2.75, 3.05) is 0 Å². The molecule has 21 heavy (non-hydrogen) atoms. The van der Waals surface area contributed by atoms with Gasteiger partial charge >= 0.3 is 0 Å². The van der Waals surface area contributed by atoms with Crippen molar-refractivity contribution in [2.45, 2.75) is 44.1 Å². The standard InChI is InChI=1S/C18H20N2O/c19-14-9-13-11-5-1-2-7-15(11)20-16(21)8-10-4-3-6-12(14)17(10)18(13)20/h1-2,5,7,10,12,14,17H,3-4,6,8-9,19H2/t10-,12+,14+,17+/m1/s1. The van der Waals surface area contributed by atoms with Gasteiger partial charge in [0.15, 0.2) is 0 Å². The van der Waals surface area contributed by atoms with Gasteiger partial charge in [0.05, 0.1) is 5.52 Å². The van der Waals surface area contributed by atoms with Crippen LogP contribution >= 0.6 is 0 Å². The number of para-hydroxylation sites is 1. The van der Waals surface area contributed by atoms with Gasteiger partial charge in [0.2, 0.25) is 5.91 Å². The molecule has 0 spiro atoms. The van der Waals surface area contributed by atoms with Crippen LogP contribution in [-0.2, 0) is 6.42 Å². The van der Waals surface area contributed by atoms with Crippen LogP contribution in [0.3, 0.4) is 0 Å². The molecule has 0 radical (unpaired) electrons. The quantitative estimate of drug-likeness (QED) is 0.806. The maximum Gasteiger partial charge on any atom is 0.231 e. The normalized spacial score (nSPS) is 34.0. The van der Waals surface area contributed by atoms with Crippen molar-refractivity contribution in [3.05, 3.63) is 35.5 Å². The lowest BCUT2D eigenvalue weighted by atomic mass is 9.61. The summed E-state index contributed by atoms with van der Waals surface area (Å²) in [6.45, 7) is 0. The minimum atomic E-state index is 0.262. The highest BCUT2D eigenvalue weighted by molar-refractivity contribution is 5.97. The SMILES string of the molecule is N[C@H]1Cc2c3n(c4ccccc24)C(=O)C[C@H]2CCC[C@@H]1[C@@H]32. The van der Waals surface area contributed by atoms with E-state index in [4.69, 9.17) is 5.73 Å². The van der Waals surface area contributed by atoms with Crippen LogP contribution < -0.4 is 5.73 Å². The first-order chi connectivity index (χ1) is 10.3. The van der Waals surface area contributed by atoms with Crippen LogP contribution in [0.2, 0.25) is 0 Å². The van der Waals surface area contributed by atoms with Gasteiger partial charge in [0, 0.05) is 29.5 Å². The summed E-state index contributed by atoms with van der Waals surface area (Å²) in [5, 5.41) is 1.25. The average Bonchev–Trinajstić information content (AvgIpc) is 2.83. The maximum atomic E-state index is 12.7. The van der Waals surface area contributed by atoms with Gasteiger partial charge in [-0.15, -0.1) is 0 Å². The second kappa shape index (κ2) is 3.98. The van der Waals surface area contributed by atoms with Gasteiger partial charge in [0.1, 0.15) is 0 Å². The largest absolute Gasteiger partial charge is 0.327 e. The molecule has 1 fully saturated rings. The van der Waals surface area contributed by atoms with Crippen molar-refractivity contribution >= 4 is 16.8 Å². The highest BCUT2D eigenvalue weighted by Gasteiger charge is 2.48. The van der Waals surface area contributed by atoms with Crippen LogP contribution in [0.15, 0.2) is 24.3 Å². The minimum absolute atomic E-state index is 0.262. The predicted octanol–water partition coefficient (Wildman–Crippen LogP) is 3.07. The number of nitrogens with two attached hydrogens (primary N) is 1. The summed E-state index contributed by atoms with van der Waals surface area (Å²) in [6, 6.07) is 8.63. The molecule has 0 bridgehead atoms. The van der Waals surface area contributed by atoms with E-state index < -0.39 is 0 Å². The first-order valence-corrected chi connectivity index (χ1v) is 8.16. The van der Waals surface area contributed by atoms with Gasteiger partial charge in [0.25, 0.3) is 0 Å². The molecule has 2 aliphatic carbocycles. The smallest absolute Gasteiger partial charge is 0.231 e. The highest BCUT2D eigenvalue weighted by Crippen LogP contribution is 2.53. The number of nitrogens with zero attached hydrogens (tertiary/aromatic N) is 1. The number of aromatic nitrogens is 1. The van der Waals surface area contributed by atoms with Gasteiger partial charge in [-0.2, -0.15) is 0 Å². The first kappa shape index (κ1) is 12.0. The van der Waals surface area contributed by atoms with Crippen molar-refractivity contribution in [3.63, 3.8) is 0 Å². The number of benzene rings is 1. The fourth-order valence-corrected chi connectivity index (χ4v) is 5.32.